The van der Waals surface area contributed by atoms with E-state index in [2.05, 4.69) is 95.7 Å². The largest absolute Gasteiger partial charge is 0.481 e. The summed E-state index contributed by atoms with van der Waals surface area (Å²) in [4.78, 5) is 186. The number of aromatic amines is 1. The van der Waals surface area contributed by atoms with Crippen LogP contribution < -0.4 is 105 Å². The molecule has 548 valence electrons. The Balaban J connectivity index is 1.85. The summed E-state index contributed by atoms with van der Waals surface area (Å²) >= 11 is 9.04. The minimum atomic E-state index is -1.94. The quantitative estimate of drug-likeness (QED) is 0.0127. The number of carbonyl (C=O) groups excluding carboxylic acids is 10. The second kappa shape index (κ2) is 43.9. The molecular formula is C58H95N25O14S2. The van der Waals surface area contributed by atoms with E-state index in [1.165, 1.54) is 12.5 Å². The molecule has 99 heavy (non-hydrogen) atoms. The van der Waals surface area contributed by atoms with Gasteiger partial charge >= 0.3 is 11.9 Å². The van der Waals surface area contributed by atoms with Gasteiger partial charge in [0.25, 0.3) is 0 Å². The maximum atomic E-state index is 14.4. The van der Waals surface area contributed by atoms with Crippen LogP contribution in [0.3, 0.4) is 0 Å². The lowest BCUT2D eigenvalue weighted by atomic mass is 9.82. The van der Waals surface area contributed by atoms with Crippen molar-refractivity contribution in [3.05, 3.63) is 54.1 Å². The molecular weight excluding hydrogens is 1330 g/mol. The average Bonchev–Trinajstić information content (AvgIpc) is 1.08. The summed E-state index contributed by atoms with van der Waals surface area (Å²) in [5.41, 5.74) is 50.4. The zero-order valence-corrected chi connectivity index (χ0v) is 56.4. The molecule has 2 aromatic rings. The van der Waals surface area contributed by atoms with Crippen LogP contribution in [0.1, 0.15) is 101 Å². The summed E-state index contributed by atoms with van der Waals surface area (Å²) < 4.78 is -1.02. The van der Waals surface area contributed by atoms with Crippen molar-refractivity contribution >= 4 is 120 Å². The number of amides is 10. The number of aliphatic imine (C=N–C) groups is 4. The minimum Gasteiger partial charge on any atom is -0.481 e. The molecule has 10 amide bonds. The Morgan fingerprint density at radius 3 is 1.41 bits per heavy atom. The van der Waals surface area contributed by atoms with Crippen LogP contribution in [-0.2, 0) is 70.4 Å². The number of nitrogens with two attached hydrogens (primary N) is 9. The third-order valence-electron chi connectivity index (χ3n) is 15.1. The van der Waals surface area contributed by atoms with E-state index in [9.17, 15) is 67.7 Å². The van der Waals surface area contributed by atoms with Gasteiger partial charge in [0.2, 0.25) is 59.1 Å². The lowest BCUT2D eigenvalue weighted by Gasteiger charge is -2.39. The Kier molecular flexibility index (Phi) is 36.8. The molecule has 0 saturated heterocycles. The van der Waals surface area contributed by atoms with Gasteiger partial charge in [0, 0.05) is 61.4 Å². The van der Waals surface area contributed by atoms with E-state index in [4.69, 9.17) is 64.2 Å². The maximum absolute atomic E-state index is 14.4. The number of hydrogen-bond acceptors (Lipinski definition) is 20. The fraction of sp³-hybridized carbons (Fsp3) is 0.569. The molecule has 0 aliphatic heterocycles. The molecule has 1 saturated carbocycles. The lowest BCUT2D eigenvalue weighted by molar-refractivity contribution is -0.142. The summed E-state index contributed by atoms with van der Waals surface area (Å²) in [5, 5.41) is 44.5. The van der Waals surface area contributed by atoms with Gasteiger partial charge in [-0.25, -0.2) is 9.78 Å². The molecule has 1 aliphatic rings. The molecule has 0 bridgehead atoms. The monoisotopic (exact) mass is 1430 g/mol. The number of benzene rings is 1. The van der Waals surface area contributed by atoms with Crippen molar-refractivity contribution in [3.63, 3.8) is 0 Å². The number of nitrogens with zero attached hydrogens (tertiary/aromatic N) is 5. The Morgan fingerprint density at radius 2 is 0.929 bits per heavy atom. The SMILES string of the molecule is NC(N)=NCCC[C@H](NC(=O)[C@H](CS)NC(=O)[C@H](CCCN=C(N)N)NC(=O)[C@H](Cc1ccccc1)NC(=O)[C@H](CC(=O)O)NC(=O)CNC(=O)[C@H](CCCN=C(N)N)NC(=O)[C@H](Cc1cnc[nH]1)NC(=O)CNC(=O)C(NC(=O)[C@@H](N)CCCN=C(N)N)C1(S)CCCCC1)C(=O)O. The molecule has 39 nitrogen and oxygen atoms in total. The van der Waals surface area contributed by atoms with Gasteiger partial charge in [0.05, 0.1) is 31.9 Å². The number of thiol groups is 2. The second-order valence-electron chi connectivity index (χ2n) is 23.1. The molecule has 1 aliphatic carbocycles. The van der Waals surface area contributed by atoms with Crippen molar-refractivity contribution in [2.45, 2.75) is 162 Å². The van der Waals surface area contributed by atoms with Crippen LogP contribution in [0.15, 0.2) is 62.8 Å². The highest BCUT2D eigenvalue weighted by Crippen LogP contribution is 2.37. The average molecular weight is 1430 g/mol. The molecule has 1 unspecified atom stereocenters. The summed E-state index contributed by atoms with van der Waals surface area (Å²) in [7, 11) is 0. The van der Waals surface area contributed by atoms with Crippen LogP contribution in [0.5, 0.6) is 0 Å². The highest BCUT2D eigenvalue weighted by atomic mass is 32.1. The van der Waals surface area contributed by atoms with Gasteiger partial charge in [0.1, 0.15) is 48.3 Å². The number of hydrogen-bond donors (Lipinski definition) is 24. The van der Waals surface area contributed by atoms with E-state index in [0.717, 1.165) is 6.42 Å². The number of H-pyrrole nitrogens is 1. The number of nitrogens with one attached hydrogen (secondary N) is 11. The third kappa shape index (κ3) is 32.6. The summed E-state index contributed by atoms with van der Waals surface area (Å²) in [6, 6.07) is -5.14. The van der Waals surface area contributed by atoms with Crippen molar-refractivity contribution in [2.24, 2.45) is 71.6 Å². The number of carboxylic acid groups (broad SMARTS) is 2. The molecule has 3 rings (SSSR count). The number of rotatable bonds is 45. The van der Waals surface area contributed by atoms with Gasteiger partial charge < -0.3 is 120 Å². The zero-order chi connectivity index (χ0) is 73.6. The Hall–Kier alpha value is -10.2. The van der Waals surface area contributed by atoms with Gasteiger partial charge in [-0.15, -0.1) is 0 Å². The lowest BCUT2D eigenvalue weighted by Crippen LogP contribution is -2.61. The molecule has 41 heteroatoms. The second-order valence-corrected chi connectivity index (χ2v) is 24.3. The first kappa shape index (κ1) is 83.0. The van der Waals surface area contributed by atoms with E-state index in [0.29, 0.717) is 43.4 Å². The van der Waals surface area contributed by atoms with Gasteiger partial charge in [-0.3, -0.25) is 72.7 Å². The number of aliphatic carboxylic acids is 2. The Bertz CT molecular complexity index is 3140. The van der Waals surface area contributed by atoms with Crippen molar-refractivity contribution < 1.29 is 67.7 Å². The number of carbonyl (C=O) groups is 12. The predicted octanol–water partition coefficient (Wildman–Crippen LogP) is -8.03. The van der Waals surface area contributed by atoms with Gasteiger partial charge in [0.15, 0.2) is 23.8 Å². The Labute approximate surface area is 581 Å². The van der Waals surface area contributed by atoms with Crippen LogP contribution in [-0.4, -0.2) is 219 Å². The summed E-state index contributed by atoms with van der Waals surface area (Å²) in [5.74, 6) is -13.8. The van der Waals surface area contributed by atoms with Crippen LogP contribution >= 0.6 is 25.3 Å². The third-order valence-corrected chi connectivity index (χ3v) is 16.1. The zero-order valence-electron chi connectivity index (χ0n) is 54.6. The molecule has 0 radical (unpaired) electrons. The first-order valence-electron chi connectivity index (χ1n) is 31.6. The molecule has 9 atom stereocenters. The van der Waals surface area contributed by atoms with E-state index < -0.39 is 150 Å². The number of guanidine groups is 4. The number of aromatic nitrogens is 2. The van der Waals surface area contributed by atoms with Gasteiger partial charge in [-0.05, 0) is 69.8 Å². The van der Waals surface area contributed by atoms with E-state index >= 15 is 0 Å². The molecule has 1 fully saturated rings. The molecule has 1 heterocycles. The molecule has 0 spiro atoms. The standard InChI is InChI=1S/C58H95N25O14S2/c59-33(13-7-19-69-54(60)61)45(88)83-44(58(99)17-5-2-6-18-58)52(95)74-28-42(85)76-38(24-32-26-68-30-75-32)49(92)78-34(14-8-20-70-55(62)63)46(89)73-27-41(84)77-39(25-43(86)87)50(93)81-37(23-31-11-3-1-4-12-31)48(91)79-35(15-9-21-71-56(64)65)47(90)82-40(29-98)51(94)80-36(53(96)97)16-10-22-72-57(66)67/h1,3-4,11-12,26,30,33-40,44,98-99H,2,5-10,13-25,27-29,59H2,(H,68,75)(H,73,89)(H,74,95)(H,76,85)(H,77,84)(H,78,92)(H,79,91)(H,80,94)(H,81,93)(H,82,90)(H,83,88)(H,86,87)(H,96,97)(H4,60,61,69)(H4,62,63,70)(H4,64,65,71)(H4,66,67,72)/t33-,34-,35-,36-,37-,38-,39-,40-,44?/m0/s1. The fourth-order valence-corrected chi connectivity index (χ4v) is 10.7. The molecule has 1 aromatic heterocycles. The van der Waals surface area contributed by atoms with Crippen molar-refractivity contribution in [1.82, 2.24) is 63.1 Å². The van der Waals surface area contributed by atoms with Gasteiger partial charge in [-0.2, -0.15) is 25.3 Å². The summed E-state index contributed by atoms with van der Waals surface area (Å²) in [6.07, 6.45) is 4.52. The van der Waals surface area contributed by atoms with Crippen LogP contribution in [0.25, 0.3) is 0 Å². The van der Waals surface area contributed by atoms with Crippen LogP contribution in [0.4, 0.5) is 0 Å². The van der Waals surface area contributed by atoms with Crippen molar-refractivity contribution in [3.8, 4) is 0 Å². The van der Waals surface area contributed by atoms with Crippen molar-refractivity contribution in [2.75, 3.05) is 45.0 Å². The normalized spacial score (nSPS) is 14.9. The fourth-order valence-electron chi connectivity index (χ4n) is 9.98. The highest BCUT2D eigenvalue weighted by molar-refractivity contribution is 7.82. The Morgan fingerprint density at radius 1 is 0.505 bits per heavy atom. The number of carboxylic acids is 2. The van der Waals surface area contributed by atoms with Crippen LogP contribution in [0.2, 0.25) is 0 Å². The summed E-state index contributed by atoms with van der Waals surface area (Å²) in [6.45, 7) is -1.47. The smallest absolute Gasteiger partial charge is 0.326 e. The topological polar surface area (TPSA) is 678 Å². The van der Waals surface area contributed by atoms with E-state index in [1.54, 1.807) is 30.3 Å². The van der Waals surface area contributed by atoms with Crippen LogP contribution in [0, 0.1) is 0 Å². The first-order chi connectivity index (χ1) is 46.9. The van der Waals surface area contributed by atoms with Crippen molar-refractivity contribution in [1.29, 1.82) is 0 Å². The predicted molar refractivity (Wildman–Crippen MR) is 370 cm³/mol. The first-order valence-corrected chi connectivity index (χ1v) is 32.7. The number of imidazole rings is 1. The minimum absolute atomic E-state index is 0.0427. The molecule has 31 N–H and O–H groups in total. The molecule has 1 aromatic carbocycles. The van der Waals surface area contributed by atoms with Gasteiger partial charge in [-0.1, -0.05) is 49.6 Å². The van der Waals surface area contributed by atoms with E-state index in [1.807, 2.05) is 0 Å². The highest BCUT2D eigenvalue weighted by Gasteiger charge is 2.43. The van der Waals surface area contributed by atoms with E-state index in [-0.39, 0.29) is 114 Å². The maximum Gasteiger partial charge on any atom is 0.326 e.